The number of rotatable bonds is 7. The van der Waals surface area contributed by atoms with Gasteiger partial charge in [-0.3, -0.25) is 9.69 Å². The van der Waals surface area contributed by atoms with Crippen LogP contribution in [0.25, 0.3) is 16.9 Å². The van der Waals surface area contributed by atoms with Gasteiger partial charge in [-0.2, -0.15) is 5.10 Å². The van der Waals surface area contributed by atoms with E-state index in [1.165, 1.54) is 5.56 Å². The third kappa shape index (κ3) is 4.74. The summed E-state index contributed by atoms with van der Waals surface area (Å²) in [6, 6.07) is 21.3. The highest BCUT2D eigenvalue weighted by atomic mass is 16.2. The molecule has 0 bridgehead atoms. The van der Waals surface area contributed by atoms with Gasteiger partial charge in [-0.1, -0.05) is 61.9 Å². The largest absolute Gasteiger partial charge is 0.339 e. The molecular weight excluding hydrogens is 408 g/mol. The number of likely N-dealkylation sites (tertiary alicyclic amines) is 2. The van der Waals surface area contributed by atoms with Crippen molar-refractivity contribution in [2.75, 3.05) is 19.6 Å². The molecule has 2 aromatic carbocycles. The Morgan fingerprint density at radius 2 is 1.76 bits per heavy atom. The lowest BCUT2D eigenvalue weighted by atomic mass is 9.83. The second-order valence-electron chi connectivity index (χ2n) is 9.48. The maximum Gasteiger partial charge on any atom is 0.222 e. The highest BCUT2D eigenvalue weighted by Crippen LogP contribution is 2.33. The van der Waals surface area contributed by atoms with E-state index in [-0.39, 0.29) is 0 Å². The van der Waals surface area contributed by atoms with Gasteiger partial charge in [0.1, 0.15) is 0 Å². The Hall–Kier alpha value is -2.92. The molecule has 2 aliphatic rings. The lowest BCUT2D eigenvalue weighted by Gasteiger charge is -2.47. The average molecular weight is 443 g/mol. The minimum Gasteiger partial charge on any atom is -0.339 e. The zero-order valence-electron chi connectivity index (χ0n) is 19.6. The van der Waals surface area contributed by atoms with Crippen LogP contribution in [0.15, 0.2) is 66.9 Å². The number of carbonyl (C=O) groups is 1. The Balaban J connectivity index is 1.36. The lowest BCUT2D eigenvalue weighted by molar-refractivity contribution is -0.141. The molecule has 0 saturated carbocycles. The van der Waals surface area contributed by atoms with E-state index in [4.69, 9.17) is 5.10 Å². The molecule has 2 aliphatic heterocycles. The first-order valence-corrected chi connectivity index (χ1v) is 12.4. The van der Waals surface area contributed by atoms with Gasteiger partial charge in [0.15, 0.2) is 0 Å². The summed E-state index contributed by atoms with van der Waals surface area (Å²) >= 11 is 0. The number of fused-ring (bicyclic) bond motifs is 1. The average Bonchev–Trinajstić information content (AvgIpc) is 3.28. The maximum atomic E-state index is 12.6. The molecular formula is C28H34N4O. The fourth-order valence-electron chi connectivity index (χ4n) is 5.51. The summed E-state index contributed by atoms with van der Waals surface area (Å²) in [5, 5.41) is 4.99. The number of unbranched alkanes of at least 4 members (excludes halogenated alkanes) is 1. The highest BCUT2D eigenvalue weighted by Gasteiger charge is 2.39. The van der Waals surface area contributed by atoms with E-state index in [9.17, 15) is 4.79 Å². The Kier molecular flexibility index (Phi) is 6.58. The fourth-order valence-corrected chi connectivity index (χ4v) is 5.51. The number of hydrogen-bond donors (Lipinski definition) is 0. The third-order valence-electron chi connectivity index (χ3n) is 7.23. The molecule has 5 rings (SSSR count). The second kappa shape index (κ2) is 9.92. The fraction of sp³-hybridized carbons (Fsp3) is 0.429. The molecule has 172 valence electrons. The SMILES string of the molecule is CCCCN1C(=O)CC[C@@H]2CN(Cc3cn(-c4ccccc4)nc3-c3ccccc3)CC[C@@H]21. The van der Waals surface area contributed by atoms with Crippen molar-refractivity contribution in [1.29, 1.82) is 0 Å². The van der Waals surface area contributed by atoms with Crippen LogP contribution in [0.5, 0.6) is 0 Å². The van der Waals surface area contributed by atoms with Crippen molar-refractivity contribution in [2.24, 2.45) is 5.92 Å². The van der Waals surface area contributed by atoms with E-state index < -0.39 is 0 Å². The molecule has 2 atom stereocenters. The number of aromatic nitrogens is 2. The van der Waals surface area contributed by atoms with Crippen LogP contribution in [0.4, 0.5) is 0 Å². The van der Waals surface area contributed by atoms with Crippen molar-refractivity contribution < 1.29 is 4.79 Å². The van der Waals surface area contributed by atoms with Crippen LogP contribution in [-0.2, 0) is 11.3 Å². The molecule has 1 aromatic heterocycles. The van der Waals surface area contributed by atoms with Gasteiger partial charge >= 0.3 is 0 Å². The second-order valence-corrected chi connectivity index (χ2v) is 9.48. The summed E-state index contributed by atoms with van der Waals surface area (Å²) in [6.45, 7) is 6.11. The summed E-state index contributed by atoms with van der Waals surface area (Å²) in [6.07, 6.45) is 7.26. The van der Waals surface area contributed by atoms with Crippen LogP contribution in [0, 0.1) is 5.92 Å². The van der Waals surface area contributed by atoms with Crippen LogP contribution in [-0.4, -0.2) is 51.2 Å². The molecule has 2 saturated heterocycles. The van der Waals surface area contributed by atoms with Crippen molar-refractivity contribution in [3.63, 3.8) is 0 Å². The zero-order chi connectivity index (χ0) is 22.6. The minimum atomic E-state index is 0.369. The quantitative estimate of drug-likeness (QED) is 0.508. The van der Waals surface area contributed by atoms with E-state index in [2.05, 4.69) is 77.5 Å². The molecule has 0 unspecified atom stereocenters. The van der Waals surface area contributed by atoms with Gasteiger partial charge < -0.3 is 4.90 Å². The van der Waals surface area contributed by atoms with E-state index in [1.54, 1.807) is 0 Å². The van der Waals surface area contributed by atoms with Gasteiger partial charge in [0.25, 0.3) is 0 Å². The third-order valence-corrected chi connectivity index (χ3v) is 7.23. The topological polar surface area (TPSA) is 41.4 Å². The molecule has 0 radical (unpaired) electrons. The van der Waals surface area contributed by atoms with Crippen LogP contribution < -0.4 is 0 Å². The summed E-state index contributed by atoms with van der Waals surface area (Å²) in [5.74, 6) is 0.950. The van der Waals surface area contributed by atoms with Gasteiger partial charge in [-0.15, -0.1) is 0 Å². The Bertz CT molecular complexity index is 1060. The van der Waals surface area contributed by atoms with Gasteiger partial charge in [-0.05, 0) is 37.3 Å². The number of para-hydroxylation sites is 1. The Morgan fingerprint density at radius 3 is 2.52 bits per heavy atom. The van der Waals surface area contributed by atoms with Crippen LogP contribution in [0.2, 0.25) is 0 Å². The van der Waals surface area contributed by atoms with Crippen molar-refractivity contribution in [2.45, 2.75) is 51.6 Å². The van der Waals surface area contributed by atoms with Gasteiger partial charge in [0.05, 0.1) is 11.4 Å². The van der Waals surface area contributed by atoms with Crippen molar-refractivity contribution in [3.8, 4) is 16.9 Å². The normalized spacial score (nSPS) is 21.2. The van der Waals surface area contributed by atoms with Gasteiger partial charge in [0, 0.05) is 56.0 Å². The Morgan fingerprint density at radius 1 is 1.00 bits per heavy atom. The summed E-state index contributed by atoms with van der Waals surface area (Å²) in [5.41, 5.74) is 4.56. The summed E-state index contributed by atoms with van der Waals surface area (Å²) < 4.78 is 2.01. The molecule has 1 amide bonds. The first-order chi connectivity index (χ1) is 16.2. The number of hydrogen-bond acceptors (Lipinski definition) is 3. The number of carbonyl (C=O) groups excluding carboxylic acids is 1. The number of amides is 1. The Labute approximate surface area is 197 Å². The predicted molar refractivity (Wildman–Crippen MR) is 132 cm³/mol. The van der Waals surface area contributed by atoms with Crippen LogP contribution in [0.1, 0.15) is 44.6 Å². The van der Waals surface area contributed by atoms with E-state index in [0.717, 1.165) is 68.8 Å². The number of piperidine rings is 2. The smallest absolute Gasteiger partial charge is 0.222 e. The first kappa shape index (κ1) is 21.9. The predicted octanol–water partition coefficient (Wildman–Crippen LogP) is 5.15. The van der Waals surface area contributed by atoms with Crippen molar-refractivity contribution >= 4 is 5.91 Å². The molecule has 2 fully saturated rings. The monoisotopic (exact) mass is 442 g/mol. The molecule has 5 heteroatoms. The first-order valence-electron chi connectivity index (χ1n) is 12.4. The number of benzene rings is 2. The molecule has 0 aliphatic carbocycles. The van der Waals surface area contributed by atoms with Gasteiger partial charge in [0.2, 0.25) is 5.91 Å². The van der Waals surface area contributed by atoms with E-state index in [1.807, 2.05) is 10.7 Å². The summed E-state index contributed by atoms with van der Waals surface area (Å²) in [4.78, 5) is 17.4. The van der Waals surface area contributed by atoms with Crippen molar-refractivity contribution in [3.05, 3.63) is 72.4 Å². The van der Waals surface area contributed by atoms with Gasteiger partial charge in [-0.25, -0.2) is 4.68 Å². The summed E-state index contributed by atoms with van der Waals surface area (Å²) in [7, 11) is 0. The minimum absolute atomic E-state index is 0.369. The standard InChI is InChI=1S/C28H34N4O/c1-2-3-17-31-26-16-18-30(19-23(26)14-15-27(31)33)20-24-21-32(25-12-8-5-9-13-25)29-28(24)22-10-6-4-7-11-22/h4-13,21,23,26H,2-3,14-20H2,1H3/t23-,26+/m1/s1. The molecule has 0 spiro atoms. The molecule has 0 N–H and O–H groups in total. The zero-order valence-corrected chi connectivity index (χ0v) is 19.6. The van der Waals surface area contributed by atoms with E-state index in [0.29, 0.717) is 24.3 Å². The van der Waals surface area contributed by atoms with E-state index >= 15 is 0 Å². The van der Waals surface area contributed by atoms with Crippen LogP contribution in [0.3, 0.4) is 0 Å². The van der Waals surface area contributed by atoms with Crippen LogP contribution >= 0.6 is 0 Å². The molecule has 3 heterocycles. The maximum absolute atomic E-state index is 12.6. The molecule has 5 nitrogen and oxygen atoms in total. The lowest BCUT2D eigenvalue weighted by Crippen LogP contribution is -2.55. The van der Waals surface area contributed by atoms with Crippen molar-refractivity contribution in [1.82, 2.24) is 19.6 Å². The molecule has 33 heavy (non-hydrogen) atoms. The molecule has 3 aromatic rings. The highest BCUT2D eigenvalue weighted by molar-refractivity contribution is 5.77. The number of nitrogens with zero attached hydrogens (tertiary/aromatic N) is 4.